The lowest BCUT2D eigenvalue weighted by molar-refractivity contribution is -0.263. The molecule has 43 heavy (non-hydrogen) atoms. The summed E-state index contributed by atoms with van der Waals surface area (Å²) in [7, 11) is 0. The summed E-state index contributed by atoms with van der Waals surface area (Å²) < 4.78 is 45.9. The molecule has 4 fully saturated rings. The number of carbonyl (C=O) groups excluding carboxylic acids is 2. The van der Waals surface area contributed by atoms with E-state index in [4.69, 9.17) is 4.74 Å². The van der Waals surface area contributed by atoms with Crippen LogP contribution in [0.1, 0.15) is 120 Å². The van der Waals surface area contributed by atoms with Crippen molar-refractivity contribution in [2.24, 2.45) is 56.2 Å². The maximum Gasteiger partial charge on any atom is 0.427 e. The minimum Gasteiger partial charge on any atom is -0.481 e. The van der Waals surface area contributed by atoms with Gasteiger partial charge in [0.15, 0.2) is 5.78 Å². The molecular formula is C35H51F3O5. The molecule has 9 atom stereocenters. The molecule has 0 heterocycles. The van der Waals surface area contributed by atoms with Gasteiger partial charge in [0.05, 0.1) is 11.3 Å². The third-order valence-electron chi connectivity index (χ3n) is 14.4. The number of rotatable bonds is 3. The molecule has 0 aromatic carbocycles. The van der Waals surface area contributed by atoms with Gasteiger partial charge in [0.2, 0.25) is 5.60 Å². The number of halogens is 3. The van der Waals surface area contributed by atoms with Crippen molar-refractivity contribution in [2.75, 3.05) is 0 Å². The van der Waals surface area contributed by atoms with Crippen LogP contribution in [0.5, 0.6) is 0 Å². The monoisotopic (exact) mass is 608 g/mol. The van der Waals surface area contributed by atoms with Gasteiger partial charge in [-0.25, -0.2) is 0 Å². The van der Waals surface area contributed by atoms with Crippen LogP contribution in [0.3, 0.4) is 0 Å². The molecule has 0 aromatic heterocycles. The van der Waals surface area contributed by atoms with Gasteiger partial charge in [0, 0.05) is 5.92 Å². The molecule has 8 heteroatoms. The molecule has 0 unspecified atom stereocenters. The summed E-state index contributed by atoms with van der Waals surface area (Å²) in [5.74, 6) is -2.46. The molecule has 1 N–H and O–H groups in total. The van der Waals surface area contributed by atoms with E-state index < -0.39 is 45.9 Å². The summed E-state index contributed by atoms with van der Waals surface area (Å²) in [5, 5.41) is 10.1. The topological polar surface area (TPSA) is 80.7 Å². The zero-order chi connectivity index (χ0) is 32.4. The standard InChI is InChI=1S/C35H51F3O5/c1-28(2)20(26(40)43-29(3,4)35(36,37)38)10-12-32(7)24(28)11-13-34(9)25(32)23(39)18-21-22-19-31(6,27(41)42)15-14-30(22,5)16-17-33(21,34)8/h18,20,22,24-25H,10-17,19H2,1-9H3,(H,41,42)/t20-,22+,24+,25-,30-,31+,32+,33-,34-/m1/s1. The van der Waals surface area contributed by atoms with Gasteiger partial charge in [0.25, 0.3) is 0 Å². The van der Waals surface area contributed by atoms with Crippen LogP contribution in [0.15, 0.2) is 11.6 Å². The van der Waals surface area contributed by atoms with Crippen LogP contribution in [0.2, 0.25) is 0 Å². The maximum absolute atomic E-state index is 14.5. The Morgan fingerprint density at radius 3 is 2.09 bits per heavy atom. The predicted molar refractivity (Wildman–Crippen MR) is 157 cm³/mol. The summed E-state index contributed by atoms with van der Waals surface area (Å²) in [6, 6.07) is 0. The van der Waals surface area contributed by atoms with Gasteiger partial charge in [-0.2, -0.15) is 13.2 Å². The first-order valence-electron chi connectivity index (χ1n) is 16.2. The number of allylic oxidation sites excluding steroid dienone is 2. The first-order chi connectivity index (χ1) is 19.4. The molecular weight excluding hydrogens is 557 g/mol. The predicted octanol–water partition coefficient (Wildman–Crippen LogP) is 8.55. The fraction of sp³-hybridized carbons (Fsp3) is 0.857. The molecule has 5 rings (SSSR count). The lowest BCUT2D eigenvalue weighted by Crippen LogP contribution is -2.66. The van der Waals surface area contributed by atoms with Gasteiger partial charge in [-0.15, -0.1) is 0 Å². The van der Waals surface area contributed by atoms with Crippen LogP contribution in [-0.4, -0.2) is 34.6 Å². The van der Waals surface area contributed by atoms with Crippen molar-refractivity contribution >= 4 is 17.7 Å². The molecule has 0 spiro atoms. The summed E-state index contributed by atoms with van der Waals surface area (Å²) in [6.07, 6.45) is 3.66. The first kappa shape index (κ1) is 32.5. The number of hydrogen-bond acceptors (Lipinski definition) is 4. The smallest absolute Gasteiger partial charge is 0.427 e. The van der Waals surface area contributed by atoms with Crippen molar-refractivity contribution in [3.8, 4) is 0 Å². The van der Waals surface area contributed by atoms with Crippen molar-refractivity contribution in [3.63, 3.8) is 0 Å². The number of ether oxygens (including phenoxy) is 1. The highest BCUT2D eigenvalue weighted by Crippen LogP contribution is 2.75. The fourth-order valence-electron chi connectivity index (χ4n) is 11.2. The minimum atomic E-state index is -4.67. The summed E-state index contributed by atoms with van der Waals surface area (Å²) in [6.45, 7) is 16.6. The quantitative estimate of drug-likeness (QED) is 0.325. The number of aliphatic carboxylic acids is 1. The second kappa shape index (κ2) is 9.34. The summed E-state index contributed by atoms with van der Waals surface area (Å²) in [4.78, 5) is 40.1. The molecule has 0 radical (unpaired) electrons. The zero-order valence-corrected chi connectivity index (χ0v) is 27.5. The Hall–Kier alpha value is -1.86. The van der Waals surface area contributed by atoms with E-state index in [1.165, 1.54) is 0 Å². The fourth-order valence-corrected chi connectivity index (χ4v) is 11.2. The van der Waals surface area contributed by atoms with Crippen LogP contribution in [0.25, 0.3) is 0 Å². The van der Waals surface area contributed by atoms with E-state index >= 15 is 0 Å². The largest absolute Gasteiger partial charge is 0.481 e. The van der Waals surface area contributed by atoms with Crippen LogP contribution in [-0.2, 0) is 19.1 Å². The highest BCUT2D eigenvalue weighted by atomic mass is 19.4. The maximum atomic E-state index is 14.5. The Morgan fingerprint density at radius 1 is 0.907 bits per heavy atom. The molecule has 4 saturated carbocycles. The Labute approximate surface area is 254 Å². The van der Waals surface area contributed by atoms with E-state index in [-0.39, 0.29) is 39.8 Å². The third-order valence-corrected chi connectivity index (χ3v) is 14.4. The van der Waals surface area contributed by atoms with Gasteiger partial charge >= 0.3 is 18.1 Å². The van der Waals surface area contributed by atoms with Gasteiger partial charge in [0.1, 0.15) is 0 Å². The Bertz CT molecular complexity index is 1270. The van der Waals surface area contributed by atoms with E-state index in [0.717, 1.165) is 51.5 Å². The molecule has 5 aliphatic carbocycles. The van der Waals surface area contributed by atoms with E-state index in [1.54, 1.807) is 0 Å². The average molecular weight is 609 g/mol. The van der Waals surface area contributed by atoms with Gasteiger partial charge in [-0.05, 0) is 124 Å². The molecule has 5 nitrogen and oxygen atoms in total. The Balaban J connectivity index is 1.51. The van der Waals surface area contributed by atoms with Crippen molar-refractivity contribution in [1.82, 2.24) is 0 Å². The normalized spacial score (nSPS) is 46.0. The molecule has 242 valence electrons. The number of carboxylic acids is 1. The van der Waals surface area contributed by atoms with Crippen molar-refractivity contribution in [3.05, 3.63) is 11.6 Å². The number of esters is 1. The van der Waals surface area contributed by atoms with Crippen molar-refractivity contribution in [1.29, 1.82) is 0 Å². The van der Waals surface area contributed by atoms with Crippen molar-refractivity contribution < 1.29 is 37.4 Å². The van der Waals surface area contributed by atoms with Crippen molar-refractivity contribution in [2.45, 2.75) is 132 Å². The van der Waals surface area contributed by atoms with Crippen LogP contribution < -0.4 is 0 Å². The lowest BCUT2D eigenvalue weighted by Gasteiger charge is -2.70. The molecule has 0 aliphatic heterocycles. The van der Waals surface area contributed by atoms with Crippen LogP contribution in [0, 0.1) is 56.2 Å². The first-order valence-corrected chi connectivity index (χ1v) is 16.2. The summed E-state index contributed by atoms with van der Waals surface area (Å²) >= 11 is 0. The summed E-state index contributed by atoms with van der Waals surface area (Å²) in [5.41, 5.74) is -3.98. The Morgan fingerprint density at radius 2 is 1.51 bits per heavy atom. The third kappa shape index (κ3) is 4.33. The van der Waals surface area contributed by atoms with E-state index in [1.807, 2.05) is 26.8 Å². The molecule has 0 bridgehead atoms. The van der Waals surface area contributed by atoms with Gasteiger partial charge < -0.3 is 9.84 Å². The van der Waals surface area contributed by atoms with Gasteiger partial charge in [-0.3, -0.25) is 14.4 Å². The number of fused-ring (bicyclic) bond motifs is 7. The molecule has 0 aromatic rings. The van der Waals surface area contributed by atoms with E-state index in [9.17, 15) is 32.7 Å². The SMILES string of the molecule is CC1(C)[C@@H](C(=O)OC(C)(C)C(F)(F)F)CC[C@]2(C)[C@H]3C(=O)C=C4[C@@H]5C[C@@](C)(C(=O)O)CC[C@]5(C)CC[C@@]4(C)[C@]3(C)CC[C@@H]12. The second-order valence-corrected chi connectivity index (χ2v) is 17.4. The zero-order valence-electron chi connectivity index (χ0n) is 27.5. The number of ketones is 1. The highest BCUT2D eigenvalue weighted by molar-refractivity contribution is 5.95. The number of carbonyl (C=O) groups is 3. The second-order valence-electron chi connectivity index (χ2n) is 17.4. The van der Waals surface area contributed by atoms with E-state index in [0.29, 0.717) is 25.7 Å². The number of carboxylic acid groups (broad SMARTS) is 1. The van der Waals surface area contributed by atoms with Gasteiger partial charge in [-0.1, -0.05) is 47.1 Å². The van der Waals surface area contributed by atoms with Crippen LogP contribution >= 0.6 is 0 Å². The van der Waals surface area contributed by atoms with E-state index in [2.05, 4.69) is 27.7 Å². The highest BCUT2D eigenvalue weighted by Gasteiger charge is 2.71. The average Bonchev–Trinajstić information content (AvgIpc) is 2.84. The minimum absolute atomic E-state index is 0.0323. The molecule has 0 saturated heterocycles. The number of hydrogen-bond donors (Lipinski definition) is 1. The lowest BCUT2D eigenvalue weighted by atomic mass is 9.33. The van der Waals surface area contributed by atoms with Crippen LogP contribution in [0.4, 0.5) is 13.2 Å². The number of alkyl halides is 3. The molecule has 0 amide bonds. The Kier molecular flexibility index (Phi) is 7.07. The molecule has 5 aliphatic rings.